The summed E-state index contributed by atoms with van der Waals surface area (Å²) in [4.78, 5) is 13.8. The van der Waals surface area contributed by atoms with Crippen molar-refractivity contribution in [2.75, 3.05) is 19.7 Å². The second-order valence-corrected chi connectivity index (χ2v) is 8.10. The van der Waals surface area contributed by atoms with Crippen LogP contribution in [0.1, 0.15) is 44.7 Å². The van der Waals surface area contributed by atoms with Gasteiger partial charge in [-0.2, -0.15) is 0 Å². The largest absolute Gasteiger partial charge is 0.444 e. The van der Waals surface area contributed by atoms with E-state index in [4.69, 9.17) is 9.47 Å². The van der Waals surface area contributed by atoms with Crippen LogP contribution in [-0.2, 0) is 9.47 Å². The van der Waals surface area contributed by atoms with Gasteiger partial charge < -0.3 is 14.4 Å². The van der Waals surface area contributed by atoms with Crippen molar-refractivity contribution in [1.29, 1.82) is 0 Å². The van der Waals surface area contributed by atoms with Crippen LogP contribution in [0.3, 0.4) is 0 Å². The van der Waals surface area contributed by atoms with Crippen LogP contribution in [0.4, 0.5) is 4.79 Å². The zero-order valence-electron chi connectivity index (χ0n) is 15.4. The standard InChI is InChI=1S/C20H26BrNO3/c1-15-14-16(7-8-18(15)21)6-5-13-24-17-9-11-22(12-10-17)19(23)25-20(2,3)4/h7-8,14,17H,9-13H2,1-4H3. The molecule has 0 bridgehead atoms. The van der Waals surface area contributed by atoms with E-state index in [0.717, 1.165) is 22.9 Å². The highest BCUT2D eigenvalue weighted by Gasteiger charge is 2.26. The number of ether oxygens (including phenoxy) is 2. The van der Waals surface area contributed by atoms with Crippen LogP contribution in [-0.4, -0.2) is 42.4 Å². The van der Waals surface area contributed by atoms with Gasteiger partial charge in [-0.25, -0.2) is 4.79 Å². The molecule has 25 heavy (non-hydrogen) atoms. The molecule has 0 atom stereocenters. The monoisotopic (exact) mass is 407 g/mol. The molecular weight excluding hydrogens is 382 g/mol. The van der Waals surface area contributed by atoms with Crippen molar-refractivity contribution >= 4 is 22.0 Å². The number of hydrogen-bond donors (Lipinski definition) is 0. The van der Waals surface area contributed by atoms with Gasteiger partial charge in [0.25, 0.3) is 0 Å². The summed E-state index contributed by atoms with van der Waals surface area (Å²) in [6.45, 7) is 9.43. The van der Waals surface area contributed by atoms with Crippen LogP contribution in [0, 0.1) is 18.8 Å². The van der Waals surface area contributed by atoms with E-state index in [2.05, 4.69) is 33.8 Å². The van der Waals surface area contributed by atoms with Crippen LogP contribution < -0.4 is 0 Å². The molecule has 0 unspecified atom stereocenters. The van der Waals surface area contributed by atoms with Crippen molar-refractivity contribution in [3.8, 4) is 11.8 Å². The number of likely N-dealkylation sites (tertiary alicyclic amines) is 1. The summed E-state index contributed by atoms with van der Waals surface area (Å²) < 4.78 is 12.3. The van der Waals surface area contributed by atoms with E-state index in [9.17, 15) is 4.79 Å². The molecular formula is C20H26BrNO3. The Kier molecular flexibility index (Phi) is 6.92. The normalized spacial score (nSPS) is 15.5. The van der Waals surface area contributed by atoms with Crippen molar-refractivity contribution in [1.82, 2.24) is 4.90 Å². The van der Waals surface area contributed by atoms with Gasteiger partial charge in [-0.3, -0.25) is 0 Å². The van der Waals surface area contributed by atoms with Crippen molar-refractivity contribution in [2.45, 2.75) is 52.2 Å². The van der Waals surface area contributed by atoms with Gasteiger partial charge in [0.2, 0.25) is 0 Å². The van der Waals surface area contributed by atoms with Gasteiger partial charge >= 0.3 is 6.09 Å². The highest BCUT2D eigenvalue weighted by atomic mass is 79.9. The van der Waals surface area contributed by atoms with Gasteiger partial charge in [0, 0.05) is 23.1 Å². The van der Waals surface area contributed by atoms with E-state index in [1.54, 1.807) is 4.90 Å². The van der Waals surface area contributed by atoms with E-state index in [1.165, 1.54) is 5.56 Å². The van der Waals surface area contributed by atoms with Crippen LogP contribution in [0.2, 0.25) is 0 Å². The Hall–Kier alpha value is -1.51. The predicted octanol–water partition coefficient (Wildman–Crippen LogP) is 4.53. The van der Waals surface area contributed by atoms with Gasteiger partial charge in [0.05, 0.1) is 6.10 Å². The fourth-order valence-corrected chi connectivity index (χ4v) is 2.80. The summed E-state index contributed by atoms with van der Waals surface area (Å²) in [7, 11) is 0. The van der Waals surface area contributed by atoms with Crippen molar-refractivity contribution in [2.24, 2.45) is 0 Å². The van der Waals surface area contributed by atoms with E-state index in [0.29, 0.717) is 19.7 Å². The number of piperidine rings is 1. The molecule has 1 heterocycles. The number of rotatable bonds is 2. The number of amides is 1. The van der Waals surface area contributed by atoms with Crippen LogP contribution in [0.15, 0.2) is 22.7 Å². The molecule has 2 rings (SSSR count). The highest BCUT2D eigenvalue weighted by molar-refractivity contribution is 9.10. The Balaban J connectivity index is 1.73. The van der Waals surface area contributed by atoms with Gasteiger partial charge in [0.15, 0.2) is 0 Å². The molecule has 136 valence electrons. The number of benzene rings is 1. The quantitative estimate of drug-likeness (QED) is 0.676. The molecule has 0 spiro atoms. The second-order valence-electron chi connectivity index (χ2n) is 7.24. The molecule has 1 aromatic carbocycles. The first-order chi connectivity index (χ1) is 11.7. The number of halogens is 1. The van der Waals surface area contributed by atoms with E-state index < -0.39 is 5.60 Å². The third-order valence-corrected chi connectivity index (χ3v) is 4.77. The molecule has 1 saturated heterocycles. The lowest BCUT2D eigenvalue weighted by molar-refractivity contribution is -0.00374. The van der Waals surface area contributed by atoms with Gasteiger partial charge in [-0.15, -0.1) is 0 Å². The fourth-order valence-electron chi connectivity index (χ4n) is 2.55. The number of nitrogens with zero attached hydrogens (tertiary/aromatic N) is 1. The first kappa shape index (κ1) is 19.8. The fraction of sp³-hybridized carbons (Fsp3) is 0.550. The number of carbonyl (C=O) groups excluding carboxylic acids is 1. The number of aryl methyl sites for hydroxylation is 1. The van der Waals surface area contributed by atoms with Crippen LogP contribution >= 0.6 is 15.9 Å². The molecule has 5 heteroatoms. The van der Waals surface area contributed by atoms with E-state index in [-0.39, 0.29) is 12.2 Å². The maximum Gasteiger partial charge on any atom is 0.410 e. The molecule has 0 aromatic heterocycles. The lowest BCUT2D eigenvalue weighted by Gasteiger charge is -2.33. The topological polar surface area (TPSA) is 38.8 Å². The molecule has 1 fully saturated rings. The number of carbonyl (C=O) groups is 1. The van der Waals surface area contributed by atoms with Crippen LogP contribution in [0.5, 0.6) is 0 Å². The van der Waals surface area contributed by atoms with Gasteiger partial charge in [0.1, 0.15) is 12.2 Å². The summed E-state index contributed by atoms with van der Waals surface area (Å²) in [5.74, 6) is 6.19. The van der Waals surface area contributed by atoms with Crippen molar-refractivity contribution in [3.63, 3.8) is 0 Å². The van der Waals surface area contributed by atoms with E-state index in [1.807, 2.05) is 39.8 Å². The SMILES string of the molecule is Cc1cc(C#CCOC2CCN(C(=O)OC(C)(C)C)CC2)ccc1Br. The minimum atomic E-state index is -0.453. The lowest BCUT2D eigenvalue weighted by atomic mass is 10.1. The minimum Gasteiger partial charge on any atom is -0.444 e. The maximum atomic E-state index is 12.0. The average molecular weight is 408 g/mol. The Bertz CT molecular complexity index is 662. The molecule has 1 aliphatic rings. The summed E-state index contributed by atoms with van der Waals surface area (Å²) in [6, 6.07) is 6.05. The maximum absolute atomic E-state index is 12.0. The zero-order chi connectivity index (χ0) is 18.4. The van der Waals surface area contributed by atoms with Gasteiger partial charge in [-0.1, -0.05) is 27.8 Å². The lowest BCUT2D eigenvalue weighted by Crippen LogP contribution is -2.43. The minimum absolute atomic E-state index is 0.152. The molecule has 1 aliphatic heterocycles. The molecule has 0 saturated carbocycles. The summed E-state index contributed by atoms with van der Waals surface area (Å²) in [6.07, 6.45) is 1.55. The molecule has 0 N–H and O–H groups in total. The third kappa shape index (κ3) is 6.72. The number of hydrogen-bond acceptors (Lipinski definition) is 3. The Morgan fingerprint density at radius 3 is 2.60 bits per heavy atom. The zero-order valence-corrected chi connectivity index (χ0v) is 17.0. The van der Waals surface area contributed by atoms with Crippen molar-refractivity contribution < 1.29 is 14.3 Å². The summed E-state index contributed by atoms with van der Waals surface area (Å²) in [5, 5.41) is 0. The summed E-state index contributed by atoms with van der Waals surface area (Å²) >= 11 is 3.48. The summed E-state index contributed by atoms with van der Waals surface area (Å²) in [5.41, 5.74) is 1.71. The Morgan fingerprint density at radius 2 is 2.00 bits per heavy atom. The Labute approximate surface area is 159 Å². The molecule has 0 aliphatic carbocycles. The molecule has 0 radical (unpaired) electrons. The second kappa shape index (κ2) is 8.73. The first-order valence-corrected chi connectivity index (χ1v) is 9.38. The third-order valence-electron chi connectivity index (χ3n) is 3.88. The highest BCUT2D eigenvalue weighted by Crippen LogP contribution is 2.18. The van der Waals surface area contributed by atoms with Gasteiger partial charge in [-0.05, 0) is 64.3 Å². The van der Waals surface area contributed by atoms with Crippen LogP contribution in [0.25, 0.3) is 0 Å². The Morgan fingerprint density at radius 1 is 1.32 bits per heavy atom. The average Bonchev–Trinajstić information content (AvgIpc) is 2.54. The first-order valence-electron chi connectivity index (χ1n) is 8.59. The van der Waals surface area contributed by atoms with E-state index >= 15 is 0 Å². The van der Waals surface area contributed by atoms with Crippen molar-refractivity contribution in [3.05, 3.63) is 33.8 Å². The molecule has 1 aromatic rings. The predicted molar refractivity (Wildman–Crippen MR) is 103 cm³/mol. The molecule has 1 amide bonds. The molecule has 4 nitrogen and oxygen atoms in total. The smallest absolute Gasteiger partial charge is 0.410 e.